The Labute approximate surface area is 108 Å². The number of likely N-dealkylation sites (N-methyl/N-ethyl adjacent to an activating group) is 2. The molecular weight excluding hydrogens is 228 g/mol. The highest BCUT2D eigenvalue weighted by atomic mass is 16.5. The van der Waals surface area contributed by atoms with Gasteiger partial charge in [-0.15, -0.1) is 0 Å². The molecule has 1 aliphatic rings. The molecule has 1 heterocycles. The van der Waals surface area contributed by atoms with E-state index in [2.05, 4.69) is 18.3 Å². The van der Waals surface area contributed by atoms with Crippen molar-refractivity contribution >= 4 is 11.6 Å². The Bertz CT molecular complexity index is 459. The molecule has 0 fully saturated rings. The Morgan fingerprint density at radius 2 is 2.22 bits per heavy atom. The summed E-state index contributed by atoms with van der Waals surface area (Å²) in [6.07, 6.45) is -0.400. The molecule has 0 aromatic heterocycles. The van der Waals surface area contributed by atoms with Gasteiger partial charge < -0.3 is 15.0 Å². The average Bonchev–Trinajstić information content (AvgIpc) is 2.36. The summed E-state index contributed by atoms with van der Waals surface area (Å²) in [6.45, 7) is 4.85. The van der Waals surface area contributed by atoms with E-state index in [4.69, 9.17) is 4.74 Å². The molecule has 0 spiro atoms. The minimum atomic E-state index is -0.400. The first kappa shape index (κ1) is 12.9. The van der Waals surface area contributed by atoms with E-state index in [1.807, 2.05) is 19.2 Å². The van der Waals surface area contributed by atoms with Crippen molar-refractivity contribution in [2.45, 2.75) is 25.9 Å². The fourth-order valence-corrected chi connectivity index (χ4v) is 2.26. The van der Waals surface area contributed by atoms with Crippen LogP contribution in [0, 0.1) is 0 Å². The van der Waals surface area contributed by atoms with Gasteiger partial charge in [0, 0.05) is 13.6 Å². The highest BCUT2D eigenvalue weighted by Crippen LogP contribution is 2.35. The first-order chi connectivity index (χ1) is 8.54. The molecule has 0 bridgehead atoms. The summed E-state index contributed by atoms with van der Waals surface area (Å²) in [7, 11) is 3.74. The number of nitrogens with zero attached hydrogens (tertiary/aromatic N) is 1. The van der Waals surface area contributed by atoms with Gasteiger partial charge in [-0.3, -0.25) is 4.79 Å². The van der Waals surface area contributed by atoms with Crippen LogP contribution < -0.4 is 15.0 Å². The number of hydrogen-bond donors (Lipinski definition) is 1. The van der Waals surface area contributed by atoms with Crippen LogP contribution in [0.5, 0.6) is 5.75 Å². The summed E-state index contributed by atoms with van der Waals surface area (Å²) >= 11 is 0. The summed E-state index contributed by atoms with van der Waals surface area (Å²) < 4.78 is 5.60. The maximum atomic E-state index is 11.9. The number of hydrogen-bond acceptors (Lipinski definition) is 3. The molecule has 4 nitrogen and oxygen atoms in total. The second-order valence-electron chi connectivity index (χ2n) is 4.84. The predicted octanol–water partition coefficient (Wildman–Crippen LogP) is 1.75. The van der Waals surface area contributed by atoms with Crippen molar-refractivity contribution in [2.75, 3.05) is 25.5 Å². The molecule has 0 saturated carbocycles. The Morgan fingerprint density at radius 1 is 1.50 bits per heavy atom. The van der Waals surface area contributed by atoms with Gasteiger partial charge in [0.15, 0.2) is 6.10 Å². The molecular formula is C14H20N2O2. The maximum Gasteiger partial charge on any atom is 0.267 e. The fraction of sp³-hybridized carbons (Fsp3) is 0.500. The highest BCUT2D eigenvalue weighted by molar-refractivity contribution is 5.99. The fourth-order valence-electron chi connectivity index (χ4n) is 2.26. The van der Waals surface area contributed by atoms with E-state index in [-0.39, 0.29) is 5.91 Å². The van der Waals surface area contributed by atoms with Crippen molar-refractivity contribution in [2.24, 2.45) is 0 Å². The van der Waals surface area contributed by atoms with Crippen LogP contribution in [-0.4, -0.2) is 32.7 Å². The van der Waals surface area contributed by atoms with Gasteiger partial charge in [0.2, 0.25) is 0 Å². The van der Waals surface area contributed by atoms with Crippen LogP contribution in [0.25, 0.3) is 0 Å². The minimum absolute atomic E-state index is 0.000851. The van der Waals surface area contributed by atoms with Crippen LogP contribution >= 0.6 is 0 Å². The van der Waals surface area contributed by atoms with Gasteiger partial charge in [-0.1, -0.05) is 13.0 Å². The zero-order valence-electron chi connectivity index (χ0n) is 11.4. The number of benzene rings is 1. The molecule has 2 rings (SSSR count). The lowest BCUT2D eigenvalue weighted by molar-refractivity contribution is -0.125. The van der Waals surface area contributed by atoms with Crippen molar-refractivity contribution in [1.29, 1.82) is 0 Å². The van der Waals surface area contributed by atoms with E-state index in [1.54, 1.807) is 18.9 Å². The lowest BCUT2D eigenvalue weighted by Crippen LogP contribution is -2.42. The highest BCUT2D eigenvalue weighted by Gasteiger charge is 2.29. The Hall–Kier alpha value is -1.55. The summed E-state index contributed by atoms with van der Waals surface area (Å²) in [5.41, 5.74) is 2.07. The lowest BCUT2D eigenvalue weighted by atomic mass is 9.99. The maximum absolute atomic E-state index is 11.9. The molecule has 18 heavy (non-hydrogen) atoms. The molecule has 1 amide bonds. The summed E-state index contributed by atoms with van der Waals surface area (Å²) in [5.74, 6) is 1.19. The monoisotopic (exact) mass is 248 g/mol. The Balaban J connectivity index is 2.34. The number of ether oxygens (including phenoxy) is 1. The molecule has 1 aromatic carbocycles. The molecule has 0 radical (unpaired) electrons. The molecule has 2 unspecified atom stereocenters. The van der Waals surface area contributed by atoms with Crippen molar-refractivity contribution in [3.05, 3.63) is 23.8 Å². The third kappa shape index (κ3) is 2.20. The minimum Gasteiger partial charge on any atom is -0.479 e. The SMILES string of the molecule is CNCC(C)c1ccc2c(c1)N(C)C(=O)C(C)O2. The smallest absolute Gasteiger partial charge is 0.267 e. The summed E-state index contributed by atoms with van der Waals surface area (Å²) in [6, 6.07) is 6.06. The molecule has 1 aromatic rings. The van der Waals surface area contributed by atoms with E-state index >= 15 is 0 Å². The molecule has 1 N–H and O–H groups in total. The quantitative estimate of drug-likeness (QED) is 0.886. The molecule has 1 aliphatic heterocycles. The van der Waals surface area contributed by atoms with Crippen molar-refractivity contribution in [3.63, 3.8) is 0 Å². The second kappa shape index (κ2) is 4.98. The Morgan fingerprint density at radius 3 is 2.89 bits per heavy atom. The van der Waals surface area contributed by atoms with E-state index in [9.17, 15) is 4.79 Å². The van der Waals surface area contributed by atoms with E-state index in [1.165, 1.54) is 5.56 Å². The van der Waals surface area contributed by atoms with Crippen LogP contribution in [0.3, 0.4) is 0 Å². The van der Waals surface area contributed by atoms with Gasteiger partial charge >= 0.3 is 0 Å². The summed E-state index contributed by atoms with van der Waals surface area (Å²) in [4.78, 5) is 13.6. The average molecular weight is 248 g/mol. The van der Waals surface area contributed by atoms with Crippen LogP contribution in [-0.2, 0) is 4.79 Å². The Kier molecular flexibility index (Phi) is 3.57. The van der Waals surface area contributed by atoms with E-state index in [0.29, 0.717) is 5.92 Å². The summed E-state index contributed by atoms with van der Waals surface area (Å²) in [5, 5.41) is 3.16. The number of rotatable bonds is 3. The number of carbonyl (C=O) groups is 1. The number of carbonyl (C=O) groups excluding carboxylic acids is 1. The van der Waals surface area contributed by atoms with Gasteiger partial charge in [-0.25, -0.2) is 0 Å². The molecule has 4 heteroatoms. The third-order valence-electron chi connectivity index (χ3n) is 3.41. The molecule has 0 saturated heterocycles. The number of nitrogens with one attached hydrogen (secondary N) is 1. The lowest BCUT2D eigenvalue weighted by Gasteiger charge is -2.31. The largest absolute Gasteiger partial charge is 0.479 e. The first-order valence-corrected chi connectivity index (χ1v) is 6.27. The molecule has 2 atom stereocenters. The zero-order chi connectivity index (χ0) is 13.3. The molecule has 0 aliphatic carbocycles. The molecule has 98 valence electrons. The zero-order valence-corrected chi connectivity index (χ0v) is 11.4. The van der Waals surface area contributed by atoms with Crippen molar-refractivity contribution < 1.29 is 9.53 Å². The topological polar surface area (TPSA) is 41.6 Å². The standard InChI is InChI=1S/C14H20N2O2/c1-9(8-15-3)11-5-6-13-12(7-11)16(4)14(17)10(2)18-13/h5-7,9-10,15H,8H2,1-4H3. The first-order valence-electron chi connectivity index (χ1n) is 6.27. The van der Waals surface area contributed by atoms with Crippen LogP contribution in [0.2, 0.25) is 0 Å². The third-order valence-corrected chi connectivity index (χ3v) is 3.41. The van der Waals surface area contributed by atoms with Gasteiger partial charge in [-0.2, -0.15) is 0 Å². The van der Waals surface area contributed by atoms with Gasteiger partial charge in [-0.05, 0) is 37.6 Å². The number of fused-ring (bicyclic) bond motifs is 1. The normalized spacial score (nSPS) is 20.3. The van der Waals surface area contributed by atoms with Gasteiger partial charge in [0.05, 0.1) is 5.69 Å². The van der Waals surface area contributed by atoms with Gasteiger partial charge in [0.25, 0.3) is 5.91 Å². The van der Waals surface area contributed by atoms with E-state index in [0.717, 1.165) is 18.0 Å². The van der Waals surface area contributed by atoms with E-state index < -0.39 is 6.10 Å². The van der Waals surface area contributed by atoms with Crippen LogP contribution in [0.15, 0.2) is 18.2 Å². The van der Waals surface area contributed by atoms with Crippen molar-refractivity contribution in [3.8, 4) is 5.75 Å². The second-order valence-corrected chi connectivity index (χ2v) is 4.84. The van der Waals surface area contributed by atoms with Crippen LogP contribution in [0.1, 0.15) is 25.3 Å². The van der Waals surface area contributed by atoms with Gasteiger partial charge in [0.1, 0.15) is 5.75 Å². The van der Waals surface area contributed by atoms with Crippen molar-refractivity contribution in [1.82, 2.24) is 5.32 Å². The number of amides is 1. The predicted molar refractivity (Wildman–Crippen MR) is 72.3 cm³/mol. The van der Waals surface area contributed by atoms with Crippen LogP contribution in [0.4, 0.5) is 5.69 Å². The number of anilines is 1.